The lowest BCUT2D eigenvalue weighted by atomic mass is 10.1. The van der Waals surface area contributed by atoms with Crippen molar-refractivity contribution in [1.29, 1.82) is 0 Å². The van der Waals surface area contributed by atoms with Crippen molar-refractivity contribution in [2.75, 3.05) is 12.4 Å². The van der Waals surface area contributed by atoms with Gasteiger partial charge >= 0.3 is 0 Å². The summed E-state index contributed by atoms with van der Waals surface area (Å²) in [5.74, 6) is -0.0832. The van der Waals surface area contributed by atoms with Crippen LogP contribution < -0.4 is 10.6 Å². The first-order chi connectivity index (χ1) is 9.10. The van der Waals surface area contributed by atoms with Crippen molar-refractivity contribution < 1.29 is 9.32 Å². The highest BCUT2D eigenvalue weighted by Crippen LogP contribution is 2.16. The number of rotatable bonds is 4. The zero-order valence-electron chi connectivity index (χ0n) is 11.2. The summed E-state index contributed by atoms with van der Waals surface area (Å²) in [5.41, 5.74) is 2.57. The van der Waals surface area contributed by atoms with Crippen LogP contribution in [0.15, 0.2) is 34.9 Å². The second kappa shape index (κ2) is 5.67. The van der Waals surface area contributed by atoms with Crippen molar-refractivity contribution in [3.8, 4) is 0 Å². The lowest BCUT2D eigenvalue weighted by molar-refractivity contribution is 0.0988. The van der Waals surface area contributed by atoms with E-state index in [4.69, 9.17) is 4.52 Å². The number of anilines is 1. The van der Waals surface area contributed by atoms with Crippen molar-refractivity contribution in [1.82, 2.24) is 10.5 Å². The molecule has 1 unspecified atom stereocenters. The van der Waals surface area contributed by atoms with Crippen molar-refractivity contribution in [3.63, 3.8) is 0 Å². The maximum absolute atomic E-state index is 11.8. The summed E-state index contributed by atoms with van der Waals surface area (Å²) >= 11 is 0. The zero-order valence-corrected chi connectivity index (χ0v) is 11.2. The predicted molar refractivity (Wildman–Crippen MR) is 73.1 cm³/mol. The fourth-order valence-electron chi connectivity index (χ4n) is 1.69. The van der Waals surface area contributed by atoms with Crippen molar-refractivity contribution in [2.24, 2.45) is 0 Å². The molecule has 19 heavy (non-hydrogen) atoms. The van der Waals surface area contributed by atoms with Gasteiger partial charge in [0.1, 0.15) is 0 Å². The molecule has 1 heterocycles. The third-order valence-corrected chi connectivity index (χ3v) is 2.95. The Bertz CT molecular complexity index is 560. The number of hydrogen-bond acceptors (Lipinski definition) is 4. The van der Waals surface area contributed by atoms with Gasteiger partial charge in [-0.2, -0.15) is 0 Å². The van der Waals surface area contributed by atoms with Crippen LogP contribution in [0.4, 0.5) is 5.69 Å². The first kappa shape index (κ1) is 13.3. The van der Waals surface area contributed by atoms with Crippen molar-refractivity contribution >= 4 is 11.6 Å². The molecule has 0 fully saturated rings. The Labute approximate surface area is 112 Å². The lowest BCUT2D eigenvalue weighted by Gasteiger charge is -2.11. The summed E-state index contributed by atoms with van der Waals surface area (Å²) in [6.07, 6.45) is 0. The molecule has 2 N–H and O–H groups in total. The number of hydrogen-bond donors (Lipinski definition) is 2. The summed E-state index contributed by atoms with van der Waals surface area (Å²) in [6, 6.07) is 9.56. The standard InChI is InChI=1S/C14H17N3O2/c1-9-8-13(19-17-9)14(18)16-12-6-4-11(5-7-12)10(2)15-3/h4-8,10,15H,1-3H3,(H,16,18). The third kappa shape index (κ3) is 3.20. The van der Waals surface area contributed by atoms with E-state index in [1.807, 2.05) is 31.3 Å². The van der Waals surface area contributed by atoms with E-state index < -0.39 is 0 Å². The van der Waals surface area contributed by atoms with Gasteiger partial charge in [0, 0.05) is 17.8 Å². The Morgan fingerprint density at radius 2 is 2.00 bits per heavy atom. The van der Waals surface area contributed by atoms with E-state index in [1.54, 1.807) is 13.0 Å². The molecule has 2 rings (SSSR count). The van der Waals surface area contributed by atoms with Crippen LogP contribution in [0.3, 0.4) is 0 Å². The first-order valence-electron chi connectivity index (χ1n) is 6.12. The summed E-state index contributed by atoms with van der Waals surface area (Å²) < 4.78 is 4.91. The maximum Gasteiger partial charge on any atom is 0.294 e. The molecule has 2 aromatic rings. The Kier molecular flexibility index (Phi) is 3.97. The smallest absolute Gasteiger partial charge is 0.294 e. The van der Waals surface area contributed by atoms with Gasteiger partial charge in [-0.1, -0.05) is 17.3 Å². The van der Waals surface area contributed by atoms with Crippen LogP contribution in [-0.2, 0) is 0 Å². The highest BCUT2D eigenvalue weighted by atomic mass is 16.5. The maximum atomic E-state index is 11.8. The normalized spacial score (nSPS) is 12.2. The fraction of sp³-hybridized carbons (Fsp3) is 0.286. The number of nitrogens with one attached hydrogen (secondary N) is 2. The number of amides is 1. The average Bonchev–Trinajstić information content (AvgIpc) is 2.85. The fourth-order valence-corrected chi connectivity index (χ4v) is 1.69. The highest BCUT2D eigenvalue weighted by Gasteiger charge is 2.11. The molecule has 1 aromatic carbocycles. The van der Waals surface area contributed by atoms with Gasteiger partial charge in [-0.05, 0) is 38.6 Å². The van der Waals surface area contributed by atoms with Gasteiger partial charge in [0.2, 0.25) is 5.76 Å². The number of aromatic nitrogens is 1. The number of nitrogens with zero attached hydrogens (tertiary/aromatic N) is 1. The first-order valence-corrected chi connectivity index (χ1v) is 6.12. The highest BCUT2D eigenvalue weighted by molar-refractivity contribution is 6.02. The number of benzene rings is 1. The van der Waals surface area contributed by atoms with Crippen molar-refractivity contribution in [3.05, 3.63) is 47.3 Å². The lowest BCUT2D eigenvalue weighted by Crippen LogP contribution is -2.13. The van der Waals surface area contributed by atoms with Gasteiger partial charge in [-0.15, -0.1) is 0 Å². The van der Waals surface area contributed by atoms with E-state index in [9.17, 15) is 4.79 Å². The Morgan fingerprint density at radius 1 is 1.32 bits per heavy atom. The minimum Gasteiger partial charge on any atom is -0.351 e. The quantitative estimate of drug-likeness (QED) is 0.885. The molecule has 0 saturated heterocycles. The average molecular weight is 259 g/mol. The van der Waals surface area contributed by atoms with Crippen LogP contribution in [0.25, 0.3) is 0 Å². The molecular formula is C14H17N3O2. The van der Waals surface area contributed by atoms with Crippen LogP contribution in [0.2, 0.25) is 0 Å². The van der Waals surface area contributed by atoms with Crippen LogP contribution in [0.5, 0.6) is 0 Å². The third-order valence-electron chi connectivity index (χ3n) is 2.95. The van der Waals surface area contributed by atoms with Crippen LogP contribution >= 0.6 is 0 Å². The predicted octanol–water partition coefficient (Wildman–Crippen LogP) is 2.52. The molecule has 0 radical (unpaired) electrons. The summed E-state index contributed by atoms with van der Waals surface area (Å²) in [7, 11) is 1.91. The van der Waals surface area contributed by atoms with Crippen molar-refractivity contribution in [2.45, 2.75) is 19.9 Å². The van der Waals surface area contributed by atoms with E-state index in [0.717, 1.165) is 11.3 Å². The topological polar surface area (TPSA) is 67.2 Å². The SMILES string of the molecule is CNC(C)c1ccc(NC(=O)c2cc(C)no2)cc1. The summed E-state index contributed by atoms with van der Waals surface area (Å²) in [6.45, 7) is 3.85. The van der Waals surface area contributed by atoms with E-state index >= 15 is 0 Å². The summed E-state index contributed by atoms with van der Waals surface area (Å²) in [5, 5.41) is 9.61. The Hall–Kier alpha value is -2.14. The van der Waals surface area contributed by atoms with Gasteiger partial charge in [-0.25, -0.2) is 0 Å². The molecule has 5 nitrogen and oxygen atoms in total. The van der Waals surface area contributed by atoms with E-state index in [-0.39, 0.29) is 17.7 Å². The molecule has 0 saturated carbocycles. The van der Waals surface area contributed by atoms with Crippen LogP contribution in [0.1, 0.15) is 34.8 Å². The van der Waals surface area contributed by atoms with E-state index in [1.165, 1.54) is 0 Å². The zero-order chi connectivity index (χ0) is 13.8. The number of carbonyl (C=O) groups excluding carboxylic acids is 1. The largest absolute Gasteiger partial charge is 0.351 e. The van der Waals surface area contributed by atoms with Gasteiger partial charge < -0.3 is 15.2 Å². The molecule has 1 aromatic heterocycles. The van der Waals surface area contributed by atoms with Crippen LogP contribution in [-0.4, -0.2) is 18.1 Å². The van der Waals surface area contributed by atoms with Gasteiger partial charge in [0.15, 0.2) is 0 Å². The Balaban J connectivity index is 2.05. The molecular weight excluding hydrogens is 242 g/mol. The molecule has 0 spiro atoms. The molecule has 0 bridgehead atoms. The molecule has 1 amide bonds. The van der Waals surface area contributed by atoms with Gasteiger partial charge in [0.05, 0.1) is 5.69 Å². The van der Waals surface area contributed by atoms with E-state index in [2.05, 4.69) is 22.7 Å². The molecule has 0 aliphatic heterocycles. The second-order valence-electron chi connectivity index (χ2n) is 4.42. The van der Waals surface area contributed by atoms with E-state index in [0.29, 0.717) is 5.69 Å². The number of carbonyl (C=O) groups is 1. The summed E-state index contributed by atoms with van der Waals surface area (Å²) in [4.78, 5) is 11.8. The monoisotopic (exact) mass is 259 g/mol. The number of aryl methyl sites for hydroxylation is 1. The van der Waals surface area contributed by atoms with Crippen LogP contribution in [0, 0.1) is 6.92 Å². The molecule has 0 aliphatic rings. The van der Waals surface area contributed by atoms with Gasteiger partial charge in [0.25, 0.3) is 5.91 Å². The minimum atomic E-state index is -0.296. The van der Waals surface area contributed by atoms with Gasteiger partial charge in [-0.3, -0.25) is 4.79 Å². The molecule has 0 aliphatic carbocycles. The Morgan fingerprint density at radius 3 is 2.53 bits per heavy atom. The second-order valence-corrected chi connectivity index (χ2v) is 4.42. The molecule has 100 valence electrons. The molecule has 5 heteroatoms. The molecule has 1 atom stereocenters. The minimum absolute atomic E-state index is 0.213.